The van der Waals surface area contributed by atoms with Crippen LogP contribution in [0, 0.1) is 0 Å². The highest BCUT2D eigenvalue weighted by atomic mass is 14.6. The van der Waals surface area contributed by atoms with Gasteiger partial charge in [-0.05, 0) is 37.6 Å². The van der Waals surface area contributed by atoms with Gasteiger partial charge in [-0.3, -0.25) is 4.98 Å². The summed E-state index contributed by atoms with van der Waals surface area (Å²) in [4.78, 5) is 4.29. The molecule has 0 spiro atoms. The van der Waals surface area contributed by atoms with Gasteiger partial charge in [0.1, 0.15) is 0 Å². The van der Waals surface area contributed by atoms with Crippen molar-refractivity contribution in [1.82, 2.24) is 4.98 Å². The van der Waals surface area contributed by atoms with Crippen molar-refractivity contribution in [2.75, 3.05) is 0 Å². The molecule has 0 aliphatic heterocycles. The minimum Gasteiger partial charge on any atom is -0.256 e. The fourth-order valence-corrected chi connectivity index (χ4v) is 1.34. The SMILES string of the molecule is CC1=CCC=C=c2cccnc2=C1. The van der Waals surface area contributed by atoms with Gasteiger partial charge < -0.3 is 0 Å². The highest BCUT2D eigenvalue weighted by Crippen LogP contribution is 1.97. The molecule has 0 aromatic carbocycles. The minimum absolute atomic E-state index is 0.955. The van der Waals surface area contributed by atoms with Gasteiger partial charge in [0.25, 0.3) is 0 Å². The summed E-state index contributed by atoms with van der Waals surface area (Å²) in [5.41, 5.74) is 4.48. The van der Waals surface area contributed by atoms with Crippen LogP contribution in [-0.2, 0) is 0 Å². The Morgan fingerprint density at radius 2 is 2.38 bits per heavy atom. The van der Waals surface area contributed by atoms with Crippen LogP contribution in [0.4, 0.5) is 0 Å². The van der Waals surface area contributed by atoms with Crippen molar-refractivity contribution >= 4 is 11.8 Å². The molecular weight excluding hydrogens is 158 g/mol. The molecule has 1 heterocycles. The highest BCUT2D eigenvalue weighted by Gasteiger charge is 1.88. The van der Waals surface area contributed by atoms with Gasteiger partial charge in [-0.25, -0.2) is 0 Å². The number of hydrogen-bond acceptors (Lipinski definition) is 1. The van der Waals surface area contributed by atoms with E-state index >= 15 is 0 Å². The number of hydrogen-bond donors (Lipinski definition) is 0. The van der Waals surface area contributed by atoms with Gasteiger partial charge in [-0.1, -0.05) is 11.6 Å². The van der Waals surface area contributed by atoms with Gasteiger partial charge in [0.05, 0.1) is 5.35 Å². The molecule has 0 unspecified atom stereocenters. The molecule has 0 bridgehead atoms. The lowest BCUT2D eigenvalue weighted by Gasteiger charge is -1.93. The third-order valence-electron chi connectivity index (χ3n) is 2.02. The first-order valence-corrected chi connectivity index (χ1v) is 4.41. The van der Waals surface area contributed by atoms with Crippen molar-refractivity contribution < 1.29 is 0 Å². The van der Waals surface area contributed by atoms with E-state index in [-0.39, 0.29) is 0 Å². The Bertz CT molecular complexity index is 488. The van der Waals surface area contributed by atoms with E-state index in [1.165, 1.54) is 5.57 Å². The topological polar surface area (TPSA) is 12.9 Å². The first kappa shape index (κ1) is 8.03. The number of rotatable bonds is 0. The van der Waals surface area contributed by atoms with Gasteiger partial charge in [0.2, 0.25) is 0 Å². The Labute approximate surface area is 77.4 Å². The zero-order valence-electron chi connectivity index (χ0n) is 7.62. The molecule has 0 N–H and O–H groups in total. The van der Waals surface area contributed by atoms with E-state index in [1.807, 2.05) is 24.4 Å². The van der Waals surface area contributed by atoms with Gasteiger partial charge in [-0.15, -0.1) is 5.73 Å². The van der Waals surface area contributed by atoms with Crippen molar-refractivity contribution in [3.8, 4) is 0 Å². The number of aromatic nitrogens is 1. The molecular formula is C12H11N. The first-order valence-electron chi connectivity index (χ1n) is 4.41. The van der Waals surface area contributed by atoms with Crippen molar-refractivity contribution in [3.63, 3.8) is 0 Å². The first-order chi connectivity index (χ1) is 6.36. The molecule has 0 atom stereocenters. The Morgan fingerprint density at radius 3 is 3.31 bits per heavy atom. The van der Waals surface area contributed by atoms with Crippen LogP contribution in [0.25, 0.3) is 11.8 Å². The summed E-state index contributed by atoms with van der Waals surface area (Å²) in [5.74, 6) is 0. The molecule has 1 nitrogen and oxygen atoms in total. The number of allylic oxidation sites excluding steroid dienone is 3. The second-order valence-electron chi connectivity index (χ2n) is 3.11. The van der Waals surface area contributed by atoms with Crippen LogP contribution in [0.1, 0.15) is 13.3 Å². The van der Waals surface area contributed by atoms with Crippen LogP contribution in [-0.4, -0.2) is 4.98 Å². The minimum atomic E-state index is 0.955. The largest absolute Gasteiger partial charge is 0.256 e. The lowest BCUT2D eigenvalue weighted by molar-refractivity contribution is 1.21. The predicted octanol–water partition coefficient (Wildman–Crippen LogP) is 1.15. The molecule has 0 saturated carbocycles. The maximum absolute atomic E-state index is 4.29. The van der Waals surface area contributed by atoms with Gasteiger partial charge in [0.15, 0.2) is 0 Å². The van der Waals surface area contributed by atoms with Crippen molar-refractivity contribution in [2.24, 2.45) is 0 Å². The molecule has 1 aromatic heterocycles. The van der Waals surface area contributed by atoms with Crippen LogP contribution in [0.3, 0.4) is 0 Å². The van der Waals surface area contributed by atoms with Crippen molar-refractivity contribution in [1.29, 1.82) is 0 Å². The van der Waals surface area contributed by atoms with E-state index < -0.39 is 0 Å². The Hall–Kier alpha value is -1.59. The van der Waals surface area contributed by atoms with E-state index in [4.69, 9.17) is 0 Å². The lowest BCUT2D eigenvalue weighted by Crippen LogP contribution is -2.26. The Balaban J connectivity index is 2.84. The maximum atomic E-state index is 4.29. The Kier molecular flexibility index (Phi) is 2.11. The van der Waals surface area contributed by atoms with Crippen LogP contribution < -0.4 is 10.6 Å². The van der Waals surface area contributed by atoms with Crippen molar-refractivity contribution in [2.45, 2.75) is 13.3 Å². The zero-order valence-corrected chi connectivity index (χ0v) is 7.62. The normalized spacial score (nSPS) is 14.4. The van der Waals surface area contributed by atoms with E-state index in [9.17, 15) is 0 Å². The molecule has 13 heavy (non-hydrogen) atoms. The molecule has 0 fully saturated rings. The summed E-state index contributed by atoms with van der Waals surface area (Å²) < 4.78 is 0. The average molecular weight is 169 g/mol. The fourth-order valence-electron chi connectivity index (χ4n) is 1.34. The molecule has 64 valence electrons. The molecule has 1 aromatic rings. The second kappa shape index (κ2) is 3.42. The summed E-state index contributed by atoms with van der Waals surface area (Å²) in [5, 5.41) is 2.09. The predicted molar refractivity (Wildman–Crippen MR) is 54.3 cm³/mol. The molecule has 1 aliphatic carbocycles. The zero-order chi connectivity index (χ0) is 9.10. The quantitative estimate of drug-likeness (QED) is 0.567. The monoisotopic (exact) mass is 169 g/mol. The van der Waals surface area contributed by atoms with E-state index in [2.05, 4.69) is 29.8 Å². The van der Waals surface area contributed by atoms with Crippen LogP contribution in [0.5, 0.6) is 0 Å². The smallest absolute Gasteiger partial charge is 0.0781 e. The molecule has 0 radical (unpaired) electrons. The molecule has 1 heteroatoms. The molecule has 2 rings (SSSR count). The van der Waals surface area contributed by atoms with Crippen molar-refractivity contribution in [3.05, 3.63) is 46.6 Å². The average Bonchev–Trinajstić information content (AvgIpc) is 2.11. The number of nitrogens with zero attached hydrogens (tertiary/aromatic N) is 1. The molecule has 0 saturated heterocycles. The molecule has 1 aliphatic rings. The van der Waals surface area contributed by atoms with Crippen LogP contribution >= 0.6 is 0 Å². The van der Waals surface area contributed by atoms with E-state index in [1.54, 1.807) is 0 Å². The number of pyridine rings is 1. The highest BCUT2D eigenvalue weighted by molar-refractivity contribution is 5.46. The summed E-state index contributed by atoms with van der Waals surface area (Å²) >= 11 is 0. The third kappa shape index (κ3) is 1.77. The standard InChI is InChI=1S/C12H11N/c1-10-5-2-3-6-11-7-4-8-13-12(11)9-10/h3-5,7-9H,2H2,1H3. The fraction of sp³-hybridized carbons (Fsp3) is 0.167. The summed E-state index contributed by atoms with van der Waals surface area (Å²) in [6, 6.07) is 3.97. The molecule has 0 amide bonds. The third-order valence-corrected chi connectivity index (χ3v) is 2.02. The van der Waals surface area contributed by atoms with E-state index in [0.29, 0.717) is 0 Å². The lowest BCUT2D eigenvalue weighted by atomic mass is 10.2. The number of fused-ring (bicyclic) bond motifs is 1. The van der Waals surface area contributed by atoms with Crippen LogP contribution in [0.15, 0.2) is 36.1 Å². The second-order valence-corrected chi connectivity index (χ2v) is 3.11. The summed E-state index contributed by atoms with van der Waals surface area (Å²) in [6.45, 7) is 2.09. The van der Waals surface area contributed by atoms with Crippen LogP contribution in [0.2, 0.25) is 0 Å². The summed E-state index contributed by atoms with van der Waals surface area (Å²) in [7, 11) is 0. The van der Waals surface area contributed by atoms with Gasteiger partial charge in [-0.2, -0.15) is 0 Å². The van der Waals surface area contributed by atoms with Gasteiger partial charge in [0, 0.05) is 11.4 Å². The maximum Gasteiger partial charge on any atom is 0.0781 e. The van der Waals surface area contributed by atoms with Gasteiger partial charge >= 0.3 is 0 Å². The Morgan fingerprint density at radius 1 is 1.46 bits per heavy atom. The van der Waals surface area contributed by atoms with E-state index in [0.717, 1.165) is 17.0 Å². The summed E-state index contributed by atoms with van der Waals surface area (Å²) in [6.07, 6.45) is 9.07.